The van der Waals surface area contributed by atoms with E-state index in [1.165, 1.54) is 116 Å². The molecule has 6 heteroatoms. The van der Waals surface area contributed by atoms with Crippen molar-refractivity contribution in [3.05, 3.63) is 24.3 Å². The minimum absolute atomic E-state index is 0.600. The molecular weight excluding hydrogens is 524 g/mol. The molecule has 6 nitrogen and oxygen atoms in total. The summed E-state index contributed by atoms with van der Waals surface area (Å²) in [7, 11) is 0. The lowest BCUT2D eigenvalue weighted by Gasteiger charge is -2.05. The highest BCUT2D eigenvalue weighted by Crippen LogP contribution is 2.11. The monoisotopic (exact) mass is 595 g/mol. The lowest BCUT2D eigenvalue weighted by Crippen LogP contribution is -2.29. The van der Waals surface area contributed by atoms with Gasteiger partial charge in [0.05, 0.1) is 0 Å². The van der Waals surface area contributed by atoms with E-state index in [2.05, 4.69) is 38.2 Å². The van der Waals surface area contributed by atoms with Gasteiger partial charge in [0.1, 0.15) is 12.1 Å². The summed E-state index contributed by atoms with van der Waals surface area (Å²) >= 11 is 0. The van der Waals surface area contributed by atoms with Crippen molar-refractivity contribution in [2.24, 2.45) is 11.5 Å². The van der Waals surface area contributed by atoms with Gasteiger partial charge in [0.15, 0.2) is 0 Å². The number of unbranched alkanes of at least 4 members (excludes halogenated alkanes) is 20. The topological polar surface area (TPSA) is 127 Å². The molecule has 0 aliphatic carbocycles. The summed E-state index contributed by atoms with van der Waals surface area (Å²) in [5.74, 6) is -1.76. The van der Waals surface area contributed by atoms with Crippen LogP contribution in [0, 0.1) is 0 Å². The molecule has 0 heterocycles. The molecule has 248 valence electrons. The summed E-state index contributed by atoms with van der Waals surface area (Å²) in [4.78, 5) is 21.1. The molecule has 42 heavy (non-hydrogen) atoms. The smallest absolute Gasteiger partial charge is 0.320 e. The number of rotatable bonds is 30. The third kappa shape index (κ3) is 36.4. The fraction of sp³-hybridized carbons (Fsp3) is 0.833. The van der Waals surface area contributed by atoms with Crippen molar-refractivity contribution in [1.29, 1.82) is 0 Å². The first-order valence-electron chi connectivity index (χ1n) is 17.6. The van der Waals surface area contributed by atoms with E-state index in [1.807, 2.05) is 0 Å². The molecule has 0 aromatic rings. The molecule has 6 N–H and O–H groups in total. The summed E-state index contributed by atoms with van der Waals surface area (Å²) in [5.41, 5.74) is 10.9. The molecule has 0 aromatic heterocycles. The SMILES string of the molecule is CCCCCCCCC=CCCCCCCC(N)C(=O)O.CCCCCCCCC=CCCCCCCC(N)C(=O)O. The van der Waals surface area contributed by atoms with Crippen molar-refractivity contribution in [2.45, 2.75) is 193 Å². The fourth-order valence-corrected chi connectivity index (χ4v) is 4.76. The van der Waals surface area contributed by atoms with Crippen LogP contribution in [0.1, 0.15) is 181 Å². The summed E-state index contributed by atoms with van der Waals surface area (Å²) in [6.45, 7) is 4.51. The van der Waals surface area contributed by atoms with E-state index in [4.69, 9.17) is 21.7 Å². The van der Waals surface area contributed by atoms with Gasteiger partial charge in [-0.25, -0.2) is 0 Å². The number of aliphatic carboxylic acids is 2. The lowest BCUT2D eigenvalue weighted by molar-refractivity contribution is -0.139. The Labute approximate surface area is 260 Å². The van der Waals surface area contributed by atoms with Gasteiger partial charge in [-0.2, -0.15) is 0 Å². The predicted octanol–water partition coefficient (Wildman–Crippen LogP) is 10.1. The Morgan fingerprint density at radius 2 is 0.690 bits per heavy atom. The van der Waals surface area contributed by atoms with Crippen LogP contribution in [0.5, 0.6) is 0 Å². The van der Waals surface area contributed by atoms with Crippen molar-refractivity contribution in [1.82, 2.24) is 0 Å². The van der Waals surface area contributed by atoms with Gasteiger partial charge in [-0.1, -0.05) is 141 Å². The van der Waals surface area contributed by atoms with Crippen LogP contribution < -0.4 is 11.5 Å². The van der Waals surface area contributed by atoms with E-state index in [9.17, 15) is 9.59 Å². The van der Waals surface area contributed by atoms with Crippen molar-refractivity contribution in [2.75, 3.05) is 0 Å². The molecule has 0 rings (SSSR count). The Balaban J connectivity index is 0. The number of hydrogen-bond donors (Lipinski definition) is 4. The second-order valence-corrected chi connectivity index (χ2v) is 11.9. The maximum Gasteiger partial charge on any atom is 0.320 e. The highest BCUT2D eigenvalue weighted by molar-refractivity contribution is 5.73. The minimum Gasteiger partial charge on any atom is -0.480 e. The highest BCUT2D eigenvalue weighted by Gasteiger charge is 2.10. The maximum atomic E-state index is 10.5. The van der Waals surface area contributed by atoms with E-state index < -0.39 is 24.0 Å². The Morgan fingerprint density at radius 1 is 0.452 bits per heavy atom. The largest absolute Gasteiger partial charge is 0.480 e. The van der Waals surface area contributed by atoms with Crippen LogP contribution in [0.25, 0.3) is 0 Å². The van der Waals surface area contributed by atoms with E-state index in [1.54, 1.807) is 0 Å². The number of carbonyl (C=O) groups is 2. The number of carboxylic acid groups (broad SMARTS) is 2. The zero-order chi connectivity index (χ0) is 31.5. The Kier molecular flexibility index (Phi) is 35.9. The molecule has 0 spiro atoms. The van der Waals surface area contributed by atoms with E-state index in [0.717, 1.165) is 38.5 Å². The normalized spacial score (nSPS) is 12.9. The quantitative estimate of drug-likeness (QED) is 0.0484. The second-order valence-electron chi connectivity index (χ2n) is 11.9. The van der Waals surface area contributed by atoms with E-state index in [-0.39, 0.29) is 0 Å². The summed E-state index contributed by atoms with van der Waals surface area (Å²) < 4.78 is 0. The fourth-order valence-electron chi connectivity index (χ4n) is 4.76. The number of nitrogens with two attached hydrogens (primary N) is 2. The summed E-state index contributed by atoms with van der Waals surface area (Å²) in [6.07, 6.45) is 40.3. The van der Waals surface area contributed by atoms with Crippen LogP contribution in [-0.4, -0.2) is 34.2 Å². The van der Waals surface area contributed by atoms with E-state index in [0.29, 0.717) is 12.8 Å². The van der Waals surface area contributed by atoms with Gasteiger partial charge in [-0.15, -0.1) is 0 Å². The van der Waals surface area contributed by atoms with Crippen LogP contribution in [0.2, 0.25) is 0 Å². The van der Waals surface area contributed by atoms with Crippen molar-refractivity contribution in [3.63, 3.8) is 0 Å². The average molecular weight is 595 g/mol. The maximum absolute atomic E-state index is 10.5. The zero-order valence-electron chi connectivity index (χ0n) is 27.7. The lowest BCUT2D eigenvalue weighted by atomic mass is 10.1. The van der Waals surface area contributed by atoms with E-state index >= 15 is 0 Å². The minimum atomic E-state index is -0.882. The van der Waals surface area contributed by atoms with Crippen LogP contribution in [0.15, 0.2) is 24.3 Å². The molecule has 0 saturated heterocycles. The number of hydrogen-bond acceptors (Lipinski definition) is 4. The summed E-state index contributed by atoms with van der Waals surface area (Å²) in [6, 6.07) is -1.36. The molecule has 0 fully saturated rings. The summed E-state index contributed by atoms with van der Waals surface area (Å²) in [5, 5.41) is 17.3. The molecule has 0 aliphatic rings. The van der Waals surface area contributed by atoms with Crippen LogP contribution in [-0.2, 0) is 9.59 Å². The third-order valence-electron chi connectivity index (χ3n) is 7.69. The molecule has 0 radical (unpaired) electrons. The van der Waals surface area contributed by atoms with Crippen molar-refractivity contribution in [3.8, 4) is 0 Å². The number of allylic oxidation sites excluding steroid dienone is 4. The second kappa shape index (κ2) is 35.5. The van der Waals surface area contributed by atoms with Crippen LogP contribution >= 0.6 is 0 Å². The van der Waals surface area contributed by atoms with Crippen molar-refractivity contribution < 1.29 is 19.8 Å². The van der Waals surface area contributed by atoms with Gasteiger partial charge in [0, 0.05) is 0 Å². The van der Waals surface area contributed by atoms with Gasteiger partial charge < -0.3 is 21.7 Å². The van der Waals surface area contributed by atoms with Gasteiger partial charge in [-0.3, -0.25) is 9.59 Å². The molecule has 0 saturated carbocycles. The third-order valence-corrected chi connectivity index (χ3v) is 7.69. The molecule has 0 aliphatic heterocycles. The molecular formula is C36H70N2O4. The molecule has 2 atom stereocenters. The molecule has 0 aromatic carbocycles. The highest BCUT2D eigenvalue weighted by atomic mass is 16.4. The molecule has 0 bridgehead atoms. The first-order chi connectivity index (χ1) is 20.4. The zero-order valence-corrected chi connectivity index (χ0v) is 27.7. The van der Waals surface area contributed by atoms with Gasteiger partial charge in [0.25, 0.3) is 0 Å². The van der Waals surface area contributed by atoms with Crippen LogP contribution in [0.3, 0.4) is 0 Å². The van der Waals surface area contributed by atoms with Gasteiger partial charge >= 0.3 is 11.9 Å². The molecule has 0 amide bonds. The number of carboxylic acids is 2. The van der Waals surface area contributed by atoms with Crippen LogP contribution in [0.4, 0.5) is 0 Å². The van der Waals surface area contributed by atoms with Gasteiger partial charge in [0.2, 0.25) is 0 Å². The Morgan fingerprint density at radius 3 is 0.952 bits per heavy atom. The standard InChI is InChI=1S/2C18H35NO2/c2*1-2-3-4-5-6-7-8-9-10-11-12-13-14-15-16-17(19)18(20)21/h2*9-10,17H,2-8,11-16,19H2,1H3,(H,20,21). The first kappa shape index (κ1) is 42.5. The van der Waals surface area contributed by atoms with Gasteiger partial charge in [-0.05, 0) is 64.2 Å². The predicted molar refractivity (Wildman–Crippen MR) is 181 cm³/mol. The Hall–Kier alpha value is -1.66. The molecule has 2 unspecified atom stereocenters. The first-order valence-corrected chi connectivity index (χ1v) is 17.6. The van der Waals surface area contributed by atoms with Crippen molar-refractivity contribution >= 4 is 11.9 Å². The Bertz CT molecular complexity index is 582. The average Bonchev–Trinajstić information content (AvgIpc) is 2.97.